The Hall–Kier alpha value is -3.00. The minimum atomic E-state index is -5.94. The van der Waals surface area contributed by atoms with Gasteiger partial charge in [0.15, 0.2) is 22.8 Å². The molecule has 0 bridgehead atoms. The molecule has 3 heterocycles. The van der Waals surface area contributed by atoms with Crippen LogP contribution in [0.5, 0.6) is 0 Å². The first-order valence-corrected chi connectivity index (χ1v) is 29.9. The number of thioether (sulfide) groups is 1. The van der Waals surface area contributed by atoms with Crippen LogP contribution in [-0.4, -0.2) is 114 Å². The number of nitrogens with zero attached hydrogens (tertiary/aromatic N) is 4. The third kappa shape index (κ3) is 13.5. The van der Waals surface area contributed by atoms with E-state index in [2.05, 4.69) is 76.4 Å². The highest BCUT2D eigenvalue weighted by molar-refractivity contribution is 8.13. The van der Waals surface area contributed by atoms with Gasteiger partial charge in [0.05, 0.1) is 33.5 Å². The van der Waals surface area contributed by atoms with Crippen LogP contribution in [-0.2, 0) is 50.7 Å². The van der Waals surface area contributed by atoms with Gasteiger partial charge >= 0.3 is 0 Å². The number of rotatable bonds is 22. The zero-order valence-electron chi connectivity index (χ0n) is 41.8. The topological polar surface area (TPSA) is 395 Å². The normalized spacial score (nSPS) is 32.4. The molecule has 74 heavy (non-hydrogen) atoms. The van der Waals surface area contributed by atoms with Gasteiger partial charge in [-0.3, -0.25) is 28.1 Å². The Morgan fingerprint density at radius 1 is 1.01 bits per heavy atom. The maximum atomic E-state index is 12.9. The van der Waals surface area contributed by atoms with Gasteiger partial charge in [0.1, 0.15) is 36.3 Å². The number of aliphatic hydroxyl groups excluding tert-OH is 3. The lowest BCUT2D eigenvalue weighted by Gasteiger charge is -2.58. The molecule has 0 radical (unpaired) electrons. The van der Waals surface area contributed by atoms with Gasteiger partial charge in [0, 0.05) is 37.1 Å². The molecule has 7 rings (SSSR count). The summed E-state index contributed by atoms with van der Waals surface area (Å²) in [6.45, 7) is 7.15. The van der Waals surface area contributed by atoms with Crippen molar-refractivity contribution in [2.75, 3.05) is 37.8 Å². The molecule has 4 fully saturated rings. The van der Waals surface area contributed by atoms with Crippen molar-refractivity contribution < 1.29 is 85.6 Å². The predicted octanol–water partition coefficient (Wildman–Crippen LogP) is 1.41. The molecule has 7 N–H and O–H groups in total. The van der Waals surface area contributed by atoms with E-state index in [1.54, 1.807) is 0 Å². The molecule has 2 aromatic heterocycles. The predicted molar refractivity (Wildman–Crippen MR) is 258 cm³/mol. The summed E-state index contributed by atoms with van der Waals surface area (Å²) in [5.41, 5.74) is 7.19. The number of amides is 2. The average molecular weight is 1120 g/mol. The van der Waals surface area contributed by atoms with E-state index < -0.39 is 84.6 Å². The average Bonchev–Trinajstić information content (AvgIpc) is 4.00. The summed E-state index contributed by atoms with van der Waals surface area (Å²) >= 11 is 1.12. The number of nitrogens with two attached hydrogens (primary N) is 1. The van der Waals surface area contributed by atoms with E-state index in [4.69, 9.17) is 10.5 Å². The van der Waals surface area contributed by atoms with Crippen LogP contribution >= 0.6 is 35.2 Å². The van der Waals surface area contributed by atoms with Crippen LogP contribution in [0.15, 0.2) is 36.0 Å². The monoisotopic (exact) mass is 1120 g/mol. The lowest BCUT2D eigenvalue weighted by atomic mass is 9.47. The molecule has 14 atom stereocenters. The first-order chi connectivity index (χ1) is 34.5. The number of phosphoric ester groups is 3. The van der Waals surface area contributed by atoms with E-state index in [9.17, 15) is 63.0 Å². The maximum Gasteiger partial charge on any atom is 0.274 e. The van der Waals surface area contributed by atoms with Crippen LogP contribution in [0, 0.1) is 39.9 Å². The molecule has 4 aliphatic carbocycles. The van der Waals surface area contributed by atoms with E-state index in [1.165, 1.54) is 44.3 Å². The summed E-state index contributed by atoms with van der Waals surface area (Å²) in [4.78, 5) is 98.1. The second-order valence-corrected chi connectivity index (χ2v) is 26.4. The number of hydrogen-bond acceptors (Lipinski definition) is 23. The zero-order valence-corrected chi connectivity index (χ0v) is 45.3. The lowest BCUT2D eigenvalue weighted by molar-refractivity contribution is -0.347. The van der Waals surface area contributed by atoms with E-state index >= 15 is 0 Å². The second kappa shape index (κ2) is 23.1. The van der Waals surface area contributed by atoms with E-state index in [-0.39, 0.29) is 65.0 Å². The smallest absolute Gasteiger partial charge is 0.274 e. The Kier molecular flexibility index (Phi) is 18.4. The molecule has 3 saturated carbocycles. The van der Waals surface area contributed by atoms with Crippen LogP contribution in [0.2, 0.25) is 0 Å². The van der Waals surface area contributed by atoms with Crippen molar-refractivity contribution in [3.63, 3.8) is 0 Å². The first-order valence-electron chi connectivity index (χ1n) is 24.6. The number of phosphoric acid groups is 3. The number of imidazole rings is 1. The van der Waals surface area contributed by atoms with Crippen molar-refractivity contribution in [3.05, 3.63) is 36.0 Å². The molecule has 414 valence electrons. The molecule has 29 heteroatoms. The molecular weight excluding hydrogens is 1050 g/mol. The Bertz CT molecular complexity index is 2620. The Balaban J connectivity index is 0.787. The molecule has 0 aromatic carbocycles. The number of carbonyl (C=O) groups is 3. The fraction of sp³-hybridized carbons (Fsp3) is 0.733. The van der Waals surface area contributed by atoms with Crippen molar-refractivity contribution in [2.45, 2.75) is 136 Å². The number of aromatic nitrogens is 4. The third-order valence-corrected chi connectivity index (χ3v) is 19.9. The molecule has 1 aliphatic heterocycles. The summed E-state index contributed by atoms with van der Waals surface area (Å²) < 4.78 is 61.1. The van der Waals surface area contributed by atoms with Gasteiger partial charge in [-0.05, 0) is 92.8 Å². The van der Waals surface area contributed by atoms with Crippen LogP contribution in [0.4, 0.5) is 5.82 Å². The minimum absolute atomic E-state index is 0.0139. The molecule has 2 unspecified atom stereocenters. The van der Waals surface area contributed by atoms with Gasteiger partial charge in [-0.1, -0.05) is 62.8 Å². The molecule has 25 nitrogen and oxygen atoms in total. The number of nitrogen functional groups attached to an aromatic ring is 1. The standard InChI is InChI=1S/C45H70N7O18P3S/c1-25(29-9-10-30-28-8-7-26-20-27(53)12-15-44(26,4)31(28)13-16-45(29,30)5)6-11-34(55)74-19-18-47-33(54)14-17-48-41(58)38(57)43(2,3)22-67-73(64,65)70-72(62,63)66-21-32-37(69-71(59,60)61)36(56)42(68-32)52-24-51-35-39(46)49-23-50-40(35)52/h6-7,23-24,27-32,36-38,42,53,56-57H,8-22H2,1-5H3,(H,47,54)(H,48,58)(H,62,63)(H,64,65)(H2,46,49,50)(H2,59,60,61)/p-4/b25-6-/t27-,28-,29+,30-,31-,32+,36+,37+,38-,42+,44-,45+/m0/s1. The number of nitrogens with one attached hydrogen (secondary N) is 2. The van der Waals surface area contributed by atoms with Crippen molar-refractivity contribution >= 4 is 69.1 Å². The van der Waals surface area contributed by atoms with Gasteiger partial charge in [-0.2, -0.15) is 0 Å². The van der Waals surface area contributed by atoms with Gasteiger partial charge < -0.3 is 74.1 Å². The summed E-state index contributed by atoms with van der Waals surface area (Å²) in [6.07, 6.45) is 5.47. The van der Waals surface area contributed by atoms with Crippen LogP contribution in [0.25, 0.3) is 11.2 Å². The highest BCUT2D eigenvalue weighted by Crippen LogP contribution is 2.67. The van der Waals surface area contributed by atoms with Gasteiger partial charge in [-0.15, -0.1) is 0 Å². The summed E-state index contributed by atoms with van der Waals surface area (Å²) in [5.74, 6) is 1.16. The third-order valence-electron chi connectivity index (χ3n) is 16.0. The number of hydrogen-bond donors (Lipinski definition) is 6. The zero-order chi connectivity index (χ0) is 54.2. The fourth-order valence-corrected chi connectivity index (χ4v) is 15.5. The minimum Gasteiger partial charge on any atom is -0.790 e. The number of ether oxygens (including phenoxy) is 1. The van der Waals surface area contributed by atoms with E-state index in [0.29, 0.717) is 29.4 Å². The Morgan fingerprint density at radius 3 is 2.47 bits per heavy atom. The Labute approximate surface area is 432 Å². The highest BCUT2D eigenvalue weighted by Gasteiger charge is 2.59. The van der Waals surface area contributed by atoms with Crippen LogP contribution < -0.4 is 35.9 Å². The Morgan fingerprint density at radius 2 is 1.74 bits per heavy atom. The molecule has 5 aliphatic rings. The summed E-state index contributed by atoms with van der Waals surface area (Å²) in [5, 5.41) is 37.0. The van der Waals surface area contributed by atoms with Crippen LogP contribution in [0.3, 0.4) is 0 Å². The van der Waals surface area contributed by atoms with Crippen molar-refractivity contribution in [1.29, 1.82) is 0 Å². The maximum absolute atomic E-state index is 12.9. The van der Waals surface area contributed by atoms with Gasteiger partial charge in [-0.25, -0.2) is 19.3 Å². The van der Waals surface area contributed by atoms with Gasteiger partial charge in [0.25, 0.3) is 15.6 Å². The molecule has 2 aromatic rings. The number of allylic oxidation sites excluding steroid dienone is 3. The second-order valence-electron chi connectivity index (χ2n) is 21.2. The van der Waals surface area contributed by atoms with Crippen molar-refractivity contribution in [3.8, 4) is 0 Å². The van der Waals surface area contributed by atoms with Crippen LogP contribution in [0.1, 0.15) is 105 Å². The van der Waals surface area contributed by atoms with Gasteiger partial charge in [0.2, 0.25) is 11.8 Å². The van der Waals surface area contributed by atoms with E-state index in [1.807, 2.05) is 0 Å². The molecular formula is C45H66N7O18P3S-4. The van der Waals surface area contributed by atoms with E-state index in [0.717, 1.165) is 61.1 Å². The molecule has 1 saturated heterocycles. The number of fused-ring (bicyclic) bond motifs is 6. The molecule has 2 amide bonds. The number of aliphatic hydroxyl groups is 3. The summed E-state index contributed by atoms with van der Waals surface area (Å²) in [6, 6.07) is 0. The summed E-state index contributed by atoms with van der Waals surface area (Å²) in [7, 11) is -17.7. The number of anilines is 1. The SMILES string of the molecule is C/C(=C/CC(=O)SCCNC(=O)CCNC(=O)[C@H](O)C(C)(C)COP(=O)([O-])OP(=O)([O-])OC[C@H]1O[C@@H](n2cnc3c(N)ncnc32)[C@H](O)[C@@H]1OP(=O)([O-])[O-])[C@H]1CC[C@H]2[C@@H]3CC=C4C[C@@H](O)CC[C@]4(C)[C@H]3CC[C@]12C. The largest absolute Gasteiger partial charge is 0.790 e. The molecule has 0 spiro atoms. The van der Waals surface area contributed by atoms with Crippen molar-refractivity contribution in [2.24, 2.45) is 39.9 Å². The lowest BCUT2D eigenvalue weighted by Crippen LogP contribution is -2.50. The highest BCUT2D eigenvalue weighted by atomic mass is 32.2. The first kappa shape index (κ1) is 58.7. The van der Waals surface area contributed by atoms with Crippen molar-refractivity contribution in [1.82, 2.24) is 30.2 Å². The number of carbonyl (C=O) groups excluding carboxylic acids is 3. The quantitative estimate of drug-likeness (QED) is 0.0551. The fourth-order valence-electron chi connectivity index (χ4n) is 12.1.